The molecular weight excluding hydrogens is 685 g/mol. The Bertz CT molecular complexity index is 2540. The second-order valence-corrected chi connectivity index (χ2v) is 14.8. The van der Waals surface area contributed by atoms with E-state index in [1.54, 1.807) is 36.7 Å². The lowest BCUT2D eigenvalue weighted by Crippen LogP contribution is -2.61. The average molecular weight is 721 g/mol. The molecule has 0 aliphatic carbocycles. The van der Waals surface area contributed by atoms with Crippen LogP contribution in [-0.4, -0.2) is 77.8 Å². The number of benzene rings is 5. The second kappa shape index (κ2) is 14.4. The third-order valence-corrected chi connectivity index (χ3v) is 10.4. The van der Waals surface area contributed by atoms with Crippen LogP contribution in [0.2, 0.25) is 0 Å². The molecule has 264 valence electrons. The summed E-state index contributed by atoms with van der Waals surface area (Å²) in [4.78, 5) is 37.5. The predicted octanol–water partition coefficient (Wildman–Crippen LogP) is 6.46. The van der Waals surface area contributed by atoms with E-state index in [-0.39, 0.29) is 0 Å². The van der Waals surface area contributed by atoms with E-state index in [9.17, 15) is 13.2 Å². The number of nitrogens with zero attached hydrogens (tertiary/aromatic N) is 7. The number of sulfonamides is 1. The first-order valence-electron chi connectivity index (χ1n) is 17.3. The van der Waals surface area contributed by atoms with Gasteiger partial charge in [-0.25, -0.2) is 22.7 Å². The van der Waals surface area contributed by atoms with Crippen molar-refractivity contribution in [3.05, 3.63) is 140 Å². The first kappa shape index (κ1) is 33.9. The van der Waals surface area contributed by atoms with Crippen molar-refractivity contribution in [3.63, 3.8) is 0 Å². The highest BCUT2D eigenvalue weighted by Crippen LogP contribution is 2.30. The SMILES string of the molecule is CS(=O)(=O)N(c1cccc(-c2cnc3ccccc3n2)c1)C(C(=O)Nc1cccc(-c2cnc3ccccc3n2)c1)N1CCN(c2ccccc2)CC1. The van der Waals surface area contributed by atoms with Crippen LogP contribution in [0.4, 0.5) is 17.1 Å². The summed E-state index contributed by atoms with van der Waals surface area (Å²) in [5.41, 5.74) is 7.62. The van der Waals surface area contributed by atoms with E-state index in [1.807, 2.05) is 95.9 Å². The van der Waals surface area contributed by atoms with Crippen LogP contribution in [0.25, 0.3) is 44.6 Å². The maximum atomic E-state index is 14.6. The Morgan fingerprint density at radius 3 is 1.81 bits per heavy atom. The van der Waals surface area contributed by atoms with Crippen molar-refractivity contribution >= 4 is 55.1 Å². The first-order chi connectivity index (χ1) is 25.8. The fourth-order valence-electron chi connectivity index (χ4n) is 6.76. The number of piperazine rings is 1. The number of carbonyl (C=O) groups excluding carboxylic acids is 1. The van der Waals surface area contributed by atoms with Crippen molar-refractivity contribution in [2.45, 2.75) is 6.17 Å². The number of hydrogen-bond acceptors (Lipinski definition) is 9. The summed E-state index contributed by atoms with van der Waals surface area (Å²) in [6.07, 6.45) is 3.31. The lowest BCUT2D eigenvalue weighted by Gasteiger charge is -2.43. The lowest BCUT2D eigenvalue weighted by molar-refractivity contribution is -0.121. The molecule has 12 heteroatoms. The zero-order chi connectivity index (χ0) is 36.4. The molecule has 8 rings (SSSR count). The van der Waals surface area contributed by atoms with Crippen LogP contribution in [-0.2, 0) is 14.8 Å². The minimum atomic E-state index is -4.01. The number of fused-ring (bicyclic) bond motifs is 2. The van der Waals surface area contributed by atoms with Crippen LogP contribution < -0.4 is 14.5 Å². The number of nitrogens with one attached hydrogen (secondary N) is 1. The van der Waals surface area contributed by atoms with E-state index in [2.05, 4.69) is 32.3 Å². The Hall–Kier alpha value is -6.24. The minimum Gasteiger partial charge on any atom is -0.369 e. The average Bonchev–Trinajstić information content (AvgIpc) is 3.19. The van der Waals surface area contributed by atoms with Crippen LogP contribution in [0.5, 0.6) is 0 Å². The summed E-state index contributed by atoms with van der Waals surface area (Å²) in [6.45, 7) is 2.10. The van der Waals surface area contributed by atoms with E-state index in [0.717, 1.165) is 39.6 Å². The largest absolute Gasteiger partial charge is 0.369 e. The summed E-state index contributed by atoms with van der Waals surface area (Å²) in [7, 11) is -4.01. The number of rotatable bonds is 9. The molecule has 1 aliphatic heterocycles. The van der Waals surface area contributed by atoms with Crippen LogP contribution in [0.3, 0.4) is 0 Å². The highest BCUT2D eigenvalue weighted by Gasteiger charge is 2.39. The van der Waals surface area contributed by atoms with Gasteiger partial charge in [0.05, 0.1) is 57.8 Å². The van der Waals surface area contributed by atoms with Gasteiger partial charge in [-0.05, 0) is 60.7 Å². The molecule has 1 fully saturated rings. The monoisotopic (exact) mass is 720 g/mol. The fourth-order valence-corrected chi connectivity index (χ4v) is 7.84. The second-order valence-electron chi connectivity index (χ2n) is 12.9. The Morgan fingerprint density at radius 1 is 0.660 bits per heavy atom. The van der Waals surface area contributed by atoms with Gasteiger partial charge in [-0.15, -0.1) is 0 Å². The molecular formula is C41H36N8O3S. The van der Waals surface area contributed by atoms with Gasteiger partial charge >= 0.3 is 0 Å². The molecule has 11 nitrogen and oxygen atoms in total. The molecule has 5 aromatic carbocycles. The standard InChI is InChI=1S/C41H36N8O3S/c1-53(51,52)49(33-16-10-12-30(26-33)39-28-43-35-18-6-8-20-37(35)46-39)41(48-23-21-47(22-24-48)32-14-3-2-4-15-32)40(50)44-31-13-9-11-29(25-31)38-27-42-34-17-5-7-19-36(34)45-38/h2-20,25-28,41H,21-24H2,1H3,(H,44,50). The molecule has 1 N–H and O–H groups in total. The number of aromatic nitrogens is 4. The first-order valence-corrected chi connectivity index (χ1v) is 19.1. The van der Waals surface area contributed by atoms with Gasteiger partial charge in [0.25, 0.3) is 5.91 Å². The van der Waals surface area contributed by atoms with Crippen molar-refractivity contribution in [1.82, 2.24) is 24.8 Å². The maximum Gasteiger partial charge on any atom is 0.263 e. The van der Waals surface area contributed by atoms with E-state index in [0.29, 0.717) is 54.5 Å². The molecule has 2 aromatic heterocycles. The summed E-state index contributed by atoms with van der Waals surface area (Å²) < 4.78 is 29.0. The van der Waals surface area contributed by atoms with Gasteiger partial charge < -0.3 is 10.2 Å². The summed E-state index contributed by atoms with van der Waals surface area (Å²) >= 11 is 0. The Kier molecular flexibility index (Phi) is 9.21. The summed E-state index contributed by atoms with van der Waals surface area (Å²) in [6, 6.07) is 39.7. The number of carbonyl (C=O) groups is 1. The highest BCUT2D eigenvalue weighted by molar-refractivity contribution is 7.92. The van der Waals surface area contributed by atoms with Crippen molar-refractivity contribution in [3.8, 4) is 22.5 Å². The summed E-state index contributed by atoms with van der Waals surface area (Å²) in [5.74, 6) is -0.485. The van der Waals surface area contributed by atoms with Gasteiger partial charge in [0, 0.05) is 48.7 Å². The van der Waals surface area contributed by atoms with Gasteiger partial charge in [0.1, 0.15) is 0 Å². The molecule has 53 heavy (non-hydrogen) atoms. The van der Waals surface area contributed by atoms with Crippen molar-refractivity contribution in [2.75, 3.05) is 47.0 Å². The molecule has 0 saturated carbocycles. The van der Waals surface area contributed by atoms with E-state index < -0.39 is 22.1 Å². The van der Waals surface area contributed by atoms with Gasteiger partial charge in [-0.2, -0.15) is 0 Å². The normalized spacial score (nSPS) is 14.2. The fraction of sp³-hybridized carbons (Fsp3) is 0.146. The van der Waals surface area contributed by atoms with Crippen molar-refractivity contribution in [2.24, 2.45) is 0 Å². The molecule has 0 bridgehead atoms. The zero-order valence-corrected chi connectivity index (χ0v) is 29.8. The van der Waals surface area contributed by atoms with E-state index in [1.165, 1.54) is 4.31 Å². The molecule has 1 saturated heterocycles. The molecule has 1 amide bonds. The molecule has 1 aliphatic rings. The molecule has 1 atom stereocenters. The third-order valence-electron chi connectivity index (χ3n) is 9.31. The van der Waals surface area contributed by atoms with Gasteiger partial charge in [0.2, 0.25) is 10.0 Å². The number of anilines is 3. The number of para-hydroxylation sites is 5. The van der Waals surface area contributed by atoms with Crippen molar-refractivity contribution < 1.29 is 13.2 Å². The zero-order valence-electron chi connectivity index (χ0n) is 28.9. The van der Waals surface area contributed by atoms with Gasteiger partial charge in [0.15, 0.2) is 6.17 Å². The molecule has 1 unspecified atom stereocenters. The quantitative estimate of drug-likeness (QED) is 0.179. The lowest BCUT2D eigenvalue weighted by atomic mass is 10.1. The minimum absolute atomic E-state index is 0.339. The Labute approximate surface area is 307 Å². The van der Waals surface area contributed by atoms with Crippen LogP contribution in [0, 0.1) is 0 Å². The van der Waals surface area contributed by atoms with Crippen LogP contribution in [0.1, 0.15) is 0 Å². The Balaban J connectivity index is 1.15. The van der Waals surface area contributed by atoms with Gasteiger partial charge in [-0.1, -0.05) is 66.7 Å². The molecule has 3 heterocycles. The van der Waals surface area contributed by atoms with Crippen LogP contribution in [0.15, 0.2) is 140 Å². The van der Waals surface area contributed by atoms with E-state index in [4.69, 9.17) is 9.97 Å². The summed E-state index contributed by atoms with van der Waals surface area (Å²) in [5, 5.41) is 3.05. The van der Waals surface area contributed by atoms with E-state index >= 15 is 0 Å². The Morgan fingerprint density at radius 2 is 1.21 bits per heavy atom. The number of amides is 1. The maximum absolute atomic E-state index is 14.6. The predicted molar refractivity (Wildman–Crippen MR) is 210 cm³/mol. The smallest absolute Gasteiger partial charge is 0.263 e. The van der Waals surface area contributed by atoms with Crippen molar-refractivity contribution in [1.29, 1.82) is 0 Å². The topological polar surface area (TPSA) is 125 Å². The molecule has 7 aromatic rings. The number of hydrogen-bond donors (Lipinski definition) is 1. The highest BCUT2D eigenvalue weighted by atomic mass is 32.2. The third kappa shape index (κ3) is 7.27. The van der Waals surface area contributed by atoms with Gasteiger partial charge in [-0.3, -0.25) is 19.7 Å². The molecule has 0 spiro atoms. The molecule has 0 radical (unpaired) electrons. The van der Waals surface area contributed by atoms with Crippen LogP contribution >= 0.6 is 0 Å².